The summed E-state index contributed by atoms with van der Waals surface area (Å²) in [4.78, 5) is 22.6. The van der Waals surface area contributed by atoms with E-state index >= 15 is 0 Å². The standard InChI is InChI=1S/C25H17Cl3FN5O/c1-34(2)13-31-25(35)15-7-5-6-14(10-15)20-21(23-18(27)11-16(26)12-30-23)24(28)33-32-22(20)17-8-3-4-9-19(17)29/h3-13H,1-2H3. The molecule has 0 aliphatic rings. The highest BCUT2D eigenvalue weighted by Gasteiger charge is 2.24. The van der Waals surface area contributed by atoms with E-state index in [2.05, 4.69) is 20.2 Å². The Morgan fingerprint density at radius 1 is 0.971 bits per heavy atom. The van der Waals surface area contributed by atoms with Crippen molar-refractivity contribution in [3.8, 4) is 33.6 Å². The van der Waals surface area contributed by atoms with E-state index in [1.807, 2.05) is 0 Å². The molecule has 0 aliphatic heterocycles. The summed E-state index contributed by atoms with van der Waals surface area (Å²) < 4.78 is 14.9. The Bertz CT molecular complexity index is 1460. The summed E-state index contributed by atoms with van der Waals surface area (Å²) in [6.07, 6.45) is 2.83. The lowest BCUT2D eigenvalue weighted by Crippen LogP contribution is -2.09. The minimum atomic E-state index is -0.505. The first-order chi connectivity index (χ1) is 16.8. The number of rotatable bonds is 5. The quantitative estimate of drug-likeness (QED) is 0.213. The van der Waals surface area contributed by atoms with Gasteiger partial charge in [0.25, 0.3) is 5.91 Å². The first-order valence-corrected chi connectivity index (χ1v) is 11.4. The maximum absolute atomic E-state index is 14.9. The molecule has 10 heteroatoms. The van der Waals surface area contributed by atoms with E-state index in [0.29, 0.717) is 27.3 Å². The molecule has 35 heavy (non-hydrogen) atoms. The topological polar surface area (TPSA) is 71.3 Å². The van der Waals surface area contributed by atoms with Crippen LogP contribution in [0.15, 0.2) is 65.8 Å². The number of carbonyl (C=O) groups is 1. The van der Waals surface area contributed by atoms with E-state index in [-0.39, 0.29) is 27.1 Å². The van der Waals surface area contributed by atoms with Crippen molar-refractivity contribution in [1.82, 2.24) is 20.1 Å². The molecule has 0 fully saturated rings. The van der Waals surface area contributed by atoms with Gasteiger partial charge in [-0.25, -0.2) is 4.39 Å². The molecule has 4 rings (SSSR count). The predicted molar refractivity (Wildman–Crippen MR) is 138 cm³/mol. The molecule has 1 amide bonds. The second-order valence-corrected chi connectivity index (χ2v) is 8.85. The Morgan fingerprint density at radius 3 is 2.46 bits per heavy atom. The average molecular weight is 529 g/mol. The van der Waals surface area contributed by atoms with Gasteiger partial charge < -0.3 is 4.90 Å². The molecule has 0 saturated heterocycles. The summed E-state index contributed by atoms with van der Waals surface area (Å²) in [5.74, 6) is -0.959. The van der Waals surface area contributed by atoms with Crippen molar-refractivity contribution in [1.29, 1.82) is 0 Å². The first kappa shape index (κ1) is 24.7. The largest absolute Gasteiger partial charge is 0.369 e. The molecule has 0 atom stereocenters. The van der Waals surface area contributed by atoms with Crippen LogP contribution in [0.1, 0.15) is 10.4 Å². The molecule has 0 unspecified atom stereocenters. The van der Waals surface area contributed by atoms with Gasteiger partial charge in [-0.1, -0.05) is 59.1 Å². The molecule has 0 bridgehead atoms. The van der Waals surface area contributed by atoms with Crippen LogP contribution in [0.5, 0.6) is 0 Å². The number of nitrogens with zero attached hydrogens (tertiary/aromatic N) is 5. The van der Waals surface area contributed by atoms with Gasteiger partial charge in [0, 0.05) is 37.0 Å². The van der Waals surface area contributed by atoms with Crippen molar-refractivity contribution in [3.05, 3.63) is 87.4 Å². The van der Waals surface area contributed by atoms with Crippen LogP contribution >= 0.6 is 34.8 Å². The van der Waals surface area contributed by atoms with Crippen LogP contribution in [-0.2, 0) is 0 Å². The number of carbonyl (C=O) groups excluding carboxylic acids is 1. The molecule has 176 valence electrons. The maximum atomic E-state index is 14.9. The summed E-state index contributed by atoms with van der Waals surface area (Å²) in [6.45, 7) is 0. The average Bonchev–Trinajstić information content (AvgIpc) is 2.83. The first-order valence-electron chi connectivity index (χ1n) is 10.2. The summed E-state index contributed by atoms with van der Waals surface area (Å²) in [5, 5.41) is 8.81. The summed E-state index contributed by atoms with van der Waals surface area (Å²) >= 11 is 19.0. The SMILES string of the molecule is CN(C)C=NC(=O)c1cccc(-c2c(-c3ccccc3F)nnc(Cl)c2-c2ncc(Cl)cc2Cl)c1. The number of hydrogen-bond donors (Lipinski definition) is 0. The molecular formula is C25H17Cl3FN5O. The number of halogens is 4. The van der Waals surface area contributed by atoms with Gasteiger partial charge in [-0.05, 0) is 35.9 Å². The van der Waals surface area contributed by atoms with Gasteiger partial charge in [-0.3, -0.25) is 9.78 Å². The van der Waals surface area contributed by atoms with E-state index in [9.17, 15) is 9.18 Å². The zero-order chi connectivity index (χ0) is 25.1. The van der Waals surface area contributed by atoms with Gasteiger partial charge in [-0.15, -0.1) is 10.2 Å². The number of pyridine rings is 1. The second kappa shape index (κ2) is 10.5. The third kappa shape index (κ3) is 5.32. The molecule has 0 saturated carbocycles. The van der Waals surface area contributed by atoms with E-state index in [1.54, 1.807) is 61.5 Å². The maximum Gasteiger partial charge on any atom is 0.278 e. The van der Waals surface area contributed by atoms with Gasteiger partial charge in [0.1, 0.15) is 11.5 Å². The Labute approximate surface area is 216 Å². The lowest BCUT2D eigenvalue weighted by molar-refractivity contribution is 0.100. The van der Waals surface area contributed by atoms with Gasteiger partial charge in [0.2, 0.25) is 0 Å². The monoisotopic (exact) mass is 527 g/mol. The van der Waals surface area contributed by atoms with Gasteiger partial charge in [0.05, 0.1) is 27.6 Å². The highest BCUT2D eigenvalue weighted by atomic mass is 35.5. The number of aromatic nitrogens is 3. The summed E-state index contributed by atoms with van der Waals surface area (Å²) in [5.41, 5.74) is 2.24. The molecule has 2 heterocycles. The Hall–Kier alpha value is -3.39. The van der Waals surface area contributed by atoms with Crippen molar-refractivity contribution < 1.29 is 9.18 Å². The number of hydrogen-bond acceptors (Lipinski definition) is 4. The molecule has 0 aliphatic carbocycles. The van der Waals surface area contributed by atoms with E-state index in [1.165, 1.54) is 24.7 Å². The lowest BCUT2D eigenvalue weighted by atomic mass is 9.93. The fourth-order valence-corrected chi connectivity index (χ4v) is 4.10. The van der Waals surface area contributed by atoms with Crippen molar-refractivity contribution in [3.63, 3.8) is 0 Å². The highest BCUT2D eigenvalue weighted by Crippen LogP contribution is 2.44. The third-order valence-corrected chi connectivity index (χ3v) is 5.67. The zero-order valence-corrected chi connectivity index (χ0v) is 20.8. The van der Waals surface area contributed by atoms with Crippen LogP contribution in [0.2, 0.25) is 15.2 Å². The van der Waals surface area contributed by atoms with E-state index in [0.717, 1.165) is 0 Å². The molecular weight excluding hydrogens is 512 g/mol. The van der Waals surface area contributed by atoms with Gasteiger partial charge >= 0.3 is 0 Å². The second-order valence-electron chi connectivity index (χ2n) is 7.65. The highest BCUT2D eigenvalue weighted by molar-refractivity contribution is 6.38. The van der Waals surface area contributed by atoms with Crippen molar-refractivity contribution in [2.45, 2.75) is 0 Å². The molecule has 4 aromatic rings. The summed E-state index contributed by atoms with van der Waals surface area (Å²) in [7, 11) is 3.52. The number of aliphatic imine (C=N–C) groups is 1. The Kier molecular flexibility index (Phi) is 7.40. The molecule has 0 radical (unpaired) electrons. The Morgan fingerprint density at radius 2 is 1.74 bits per heavy atom. The predicted octanol–water partition coefficient (Wildman–Crippen LogP) is 6.70. The minimum Gasteiger partial charge on any atom is -0.369 e. The van der Waals surface area contributed by atoms with Crippen LogP contribution in [0.25, 0.3) is 33.6 Å². The molecule has 2 aromatic heterocycles. The molecule has 6 nitrogen and oxygen atoms in total. The fraction of sp³-hybridized carbons (Fsp3) is 0.0800. The van der Waals surface area contributed by atoms with Crippen molar-refractivity contribution in [2.24, 2.45) is 4.99 Å². The molecule has 0 N–H and O–H groups in total. The van der Waals surface area contributed by atoms with Crippen molar-refractivity contribution >= 4 is 47.0 Å². The normalized spacial score (nSPS) is 11.1. The third-order valence-electron chi connectivity index (χ3n) is 4.91. The summed E-state index contributed by atoms with van der Waals surface area (Å²) in [6, 6.07) is 14.4. The fourth-order valence-electron chi connectivity index (χ4n) is 3.40. The van der Waals surface area contributed by atoms with Crippen molar-refractivity contribution in [2.75, 3.05) is 14.1 Å². The van der Waals surface area contributed by atoms with Gasteiger partial charge in [-0.2, -0.15) is 4.99 Å². The van der Waals surface area contributed by atoms with Crippen LogP contribution in [0.3, 0.4) is 0 Å². The van der Waals surface area contributed by atoms with Gasteiger partial charge in [0.15, 0.2) is 5.15 Å². The van der Waals surface area contributed by atoms with E-state index in [4.69, 9.17) is 34.8 Å². The Balaban J connectivity index is 2.03. The lowest BCUT2D eigenvalue weighted by Gasteiger charge is -2.16. The van der Waals surface area contributed by atoms with Crippen LogP contribution in [0, 0.1) is 5.82 Å². The molecule has 2 aromatic carbocycles. The van der Waals surface area contributed by atoms with Crippen LogP contribution in [0.4, 0.5) is 4.39 Å². The molecule has 0 spiro atoms. The zero-order valence-electron chi connectivity index (χ0n) is 18.5. The van der Waals surface area contributed by atoms with Crippen LogP contribution < -0.4 is 0 Å². The van der Waals surface area contributed by atoms with Crippen LogP contribution in [-0.4, -0.2) is 46.4 Å². The number of amides is 1. The number of benzene rings is 2. The minimum absolute atomic E-state index is 0.000769. The smallest absolute Gasteiger partial charge is 0.278 e. The van der Waals surface area contributed by atoms with E-state index < -0.39 is 11.7 Å².